The smallest absolute Gasteiger partial charge is 0.433 e. The van der Waals surface area contributed by atoms with Crippen molar-refractivity contribution in [1.82, 2.24) is 14.6 Å². The van der Waals surface area contributed by atoms with E-state index in [4.69, 9.17) is 4.74 Å². The van der Waals surface area contributed by atoms with Gasteiger partial charge in [-0.15, -0.1) is 11.3 Å². The van der Waals surface area contributed by atoms with Gasteiger partial charge in [0.05, 0.1) is 23.2 Å². The van der Waals surface area contributed by atoms with E-state index >= 15 is 0 Å². The van der Waals surface area contributed by atoms with Crippen molar-refractivity contribution >= 4 is 23.0 Å². The van der Waals surface area contributed by atoms with Gasteiger partial charge in [-0.3, -0.25) is 14.7 Å². The third kappa shape index (κ3) is 4.83. The number of carbonyl (C=O) groups is 1. The van der Waals surface area contributed by atoms with Gasteiger partial charge in [0.25, 0.3) is 5.56 Å². The van der Waals surface area contributed by atoms with E-state index in [1.807, 2.05) is 5.10 Å². The summed E-state index contributed by atoms with van der Waals surface area (Å²) >= 11 is 1.02. The molecule has 0 atom stereocenters. The number of aromatic nitrogens is 3. The number of fused-ring (bicyclic) bond motifs is 1. The zero-order chi connectivity index (χ0) is 24.7. The number of esters is 1. The van der Waals surface area contributed by atoms with Crippen LogP contribution in [0.5, 0.6) is 0 Å². The highest BCUT2D eigenvalue weighted by Gasteiger charge is 2.38. The molecule has 13 heteroatoms. The van der Waals surface area contributed by atoms with E-state index in [1.165, 1.54) is 12.1 Å². The molecule has 0 fully saturated rings. The van der Waals surface area contributed by atoms with Crippen LogP contribution < -0.4 is 5.56 Å². The summed E-state index contributed by atoms with van der Waals surface area (Å²) in [5, 5.41) is 3.59. The van der Waals surface area contributed by atoms with E-state index in [0.29, 0.717) is 4.52 Å². The fraction of sp³-hybridized carbons (Fsp3) is 0.190. The highest BCUT2D eigenvalue weighted by Crippen LogP contribution is 2.39. The molecule has 3 aromatic heterocycles. The number of halogens is 6. The van der Waals surface area contributed by atoms with E-state index in [2.05, 4.69) is 4.98 Å². The first-order valence-electron chi connectivity index (χ1n) is 9.51. The molecule has 178 valence electrons. The van der Waals surface area contributed by atoms with Gasteiger partial charge in [-0.2, -0.15) is 26.3 Å². The van der Waals surface area contributed by atoms with Crippen LogP contribution in [-0.4, -0.2) is 20.6 Å². The van der Waals surface area contributed by atoms with E-state index in [1.54, 1.807) is 11.4 Å². The summed E-state index contributed by atoms with van der Waals surface area (Å²) in [6.07, 6.45) is -9.85. The molecule has 1 aromatic carbocycles. The SMILES string of the molecule is O=C(Cc1cccc(C(F)(F)F)c1)OCc1cc(=O)n2[nH]c(C(F)(F)F)c(-c3cccs3)c2n1. The van der Waals surface area contributed by atoms with Gasteiger partial charge in [-0.25, -0.2) is 9.50 Å². The average molecular weight is 501 g/mol. The lowest BCUT2D eigenvalue weighted by Gasteiger charge is -2.09. The van der Waals surface area contributed by atoms with Gasteiger partial charge in [0.15, 0.2) is 5.65 Å². The molecule has 0 aliphatic rings. The Kier molecular flexibility index (Phi) is 5.98. The Balaban J connectivity index is 1.59. The molecule has 1 N–H and O–H groups in total. The predicted molar refractivity (Wildman–Crippen MR) is 109 cm³/mol. The number of nitrogens with one attached hydrogen (secondary N) is 1. The molecule has 0 aliphatic heterocycles. The van der Waals surface area contributed by atoms with E-state index in [-0.39, 0.29) is 27.3 Å². The van der Waals surface area contributed by atoms with Crippen LogP contribution in [0, 0.1) is 0 Å². The van der Waals surface area contributed by atoms with Crippen LogP contribution in [-0.2, 0) is 34.9 Å². The third-order valence-corrected chi connectivity index (χ3v) is 5.59. The fourth-order valence-electron chi connectivity index (χ4n) is 3.25. The van der Waals surface area contributed by atoms with Crippen molar-refractivity contribution in [3.8, 4) is 10.4 Å². The predicted octanol–water partition coefficient (Wildman–Crippen LogP) is 5.07. The number of hydrogen-bond acceptors (Lipinski definition) is 5. The Hall–Kier alpha value is -3.61. The van der Waals surface area contributed by atoms with Crippen molar-refractivity contribution in [3.63, 3.8) is 0 Å². The summed E-state index contributed by atoms with van der Waals surface area (Å²) in [4.78, 5) is 28.8. The zero-order valence-electron chi connectivity index (χ0n) is 16.8. The van der Waals surface area contributed by atoms with Crippen LogP contribution >= 0.6 is 11.3 Å². The Morgan fingerprint density at radius 3 is 2.47 bits per heavy atom. The molecule has 0 bridgehead atoms. The molecule has 34 heavy (non-hydrogen) atoms. The Bertz CT molecular complexity index is 1400. The van der Waals surface area contributed by atoms with Crippen molar-refractivity contribution in [3.05, 3.63) is 80.7 Å². The third-order valence-electron chi connectivity index (χ3n) is 4.70. The van der Waals surface area contributed by atoms with Crippen LogP contribution in [0.15, 0.2) is 52.6 Å². The van der Waals surface area contributed by atoms with Crippen LogP contribution in [0.1, 0.15) is 22.5 Å². The number of carbonyl (C=O) groups excluding carboxylic acids is 1. The minimum atomic E-state index is -4.79. The molecule has 3 heterocycles. The molecule has 0 spiro atoms. The first-order valence-corrected chi connectivity index (χ1v) is 10.4. The first kappa shape index (κ1) is 23.5. The lowest BCUT2D eigenvalue weighted by molar-refractivity contribution is -0.144. The van der Waals surface area contributed by atoms with Crippen molar-refractivity contribution in [2.75, 3.05) is 0 Å². The maximum Gasteiger partial charge on any atom is 0.433 e. The van der Waals surface area contributed by atoms with Gasteiger partial charge in [0.1, 0.15) is 12.3 Å². The van der Waals surface area contributed by atoms with Crippen molar-refractivity contribution < 1.29 is 35.9 Å². The molecule has 4 aromatic rings. The maximum atomic E-state index is 13.6. The molecule has 0 unspecified atom stereocenters. The van der Waals surface area contributed by atoms with Crippen molar-refractivity contribution in [2.45, 2.75) is 25.4 Å². The summed E-state index contributed by atoms with van der Waals surface area (Å²) in [5.41, 5.74) is -3.62. The van der Waals surface area contributed by atoms with Gasteiger partial charge in [-0.05, 0) is 23.1 Å². The molecule has 4 rings (SSSR count). The Morgan fingerprint density at radius 1 is 1.06 bits per heavy atom. The second-order valence-electron chi connectivity index (χ2n) is 7.12. The van der Waals surface area contributed by atoms with E-state index in [0.717, 1.165) is 35.6 Å². The molecule has 0 saturated carbocycles. The normalized spacial score (nSPS) is 12.3. The Labute approximate surface area is 190 Å². The lowest BCUT2D eigenvalue weighted by atomic mass is 10.1. The minimum absolute atomic E-state index is 0.0590. The van der Waals surface area contributed by atoms with E-state index in [9.17, 15) is 35.9 Å². The lowest BCUT2D eigenvalue weighted by Crippen LogP contribution is -2.18. The molecule has 0 aliphatic carbocycles. The molecular formula is C21H13F6N3O3S. The first-order chi connectivity index (χ1) is 15.9. The summed E-state index contributed by atoms with van der Waals surface area (Å²) < 4.78 is 84.8. The average Bonchev–Trinajstić information content (AvgIpc) is 3.39. The van der Waals surface area contributed by atoms with Gasteiger partial charge < -0.3 is 4.74 Å². The molecule has 0 amide bonds. The van der Waals surface area contributed by atoms with E-state index < -0.39 is 48.2 Å². The number of aromatic amines is 1. The molecule has 0 radical (unpaired) electrons. The topological polar surface area (TPSA) is 76.5 Å². The fourth-order valence-corrected chi connectivity index (χ4v) is 4.02. The van der Waals surface area contributed by atoms with Crippen molar-refractivity contribution in [2.24, 2.45) is 0 Å². The monoisotopic (exact) mass is 501 g/mol. The number of benzene rings is 1. The zero-order valence-corrected chi connectivity index (χ0v) is 17.6. The highest BCUT2D eigenvalue weighted by atomic mass is 32.1. The summed E-state index contributed by atoms with van der Waals surface area (Å²) in [7, 11) is 0. The molecule has 0 saturated heterocycles. The molecule has 6 nitrogen and oxygen atoms in total. The standard InChI is InChI=1S/C21H13F6N3O3S/c22-20(23,24)12-4-1-3-11(7-12)8-16(32)33-10-13-9-15(31)30-19(28-13)17(14-5-2-6-34-14)18(29-30)21(25,26)27/h1-7,9,29H,8,10H2. The number of ether oxygens (including phenoxy) is 1. The second-order valence-corrected chi connectivity index (χ2v) is 8.06. The van der Waals surface area contributed by atoms with Gasteiger partial charge in [-0.1, -0.05) is 24.3 Å². The second kappa shape index (κ2) is 8.63. The number of rotatable bonds is 5. The van der Waals surface area contributed by atoms with Gasteiger partial charge in [0, 0.05) is 10.9 Å². The summed E-state index contributed by atoms with van der Waals surface area (Å²) in [6, 6.07) is 8.02. The van der Waals surface area contributed by atoms with Crippen LogP contribution in [0.4, 0.5) is 26.3 Å². The molecular weight excluding hydrogens is 488 g/mol. The summed E-state index contributed by atoms with van der Waals surface area (Å²) in [6.45, 7) is -0.556. The van der Waals surface area contributed by atoms with Crippen LogP contribution in [0.3, 0.4) is 0 Å². The van der Waals surface area contributed by atoms with Crippen LogP contribution in [0.25, 0.3) is 16.1 Å². The quantitative estimate of drug-likeness (QED) is 0.306. The van der Waals surface area contributed by atoms with Gasteiger partial charge >= 0.3 is 18.3 Å². The van der Waals surface area contributed by atoms with Crippen LogP contribution in [0.2, 0.25) is 0 Å². The minimum Gasteiger partial charge on any atom is -0.459 e. The maximum absolute atomic E-state index is 13.6. The van der Waals surface area contributed by atoms with Crippen molar-refractivity contribution in [1.29, 1.82) is 0 Å². The van der Waals surface area contributed by atoms with Gasteiger partial charge in [0.2, 0.25) is 0 Å². The number of nitrogens with zero attached hydrogens (tertiary/aromatic N) is 2. The summed E-state index contributed by atoms with van der Waals surface area (Å²) in [5.74, 6) is -0.898. The highest BCUT2D eigenvalue weighted by molar-refractivity contribution is 7.13. The number of H-pyrrole nitrogens is 1. The number of alkyl halides is 6. The largest absolute Gasteiger partial charge is 0.459 e. The number of hydrogen-bond donors (Lipinski definition) is 1. The number of thiophene rings is 1. The Morgan fingerprint density at radius 2 is 1.82 bits per heavy atom.